The predicted molar refractivity (Wildman–Crippen MR) is 152 cm³/mol. The van der Waals surface area contributed by atoms with Crippen LogP contribution in [0.3, 0.4) is 0 Å². The first-order chi connectivity index (χ1) is 16.9. The highest BCUT2D eigenvalue weighted by Gasteiger charge is 2.22. The number of hydrogen-bond acceptors (Lipinski definition) is 0. The monoisotopic (exact) mass is 460 g/mol. The van der Waals surface area contributed by atoms with Gasteiger partial charge in [-0.1, -0.05) is 70.2 Å². The molecule has 0 spiro atoms. The Kier molecular flexibility index (Phi) is 5.36. The number of aryl methyl sites for hydroxylation is 1. The fraction of sp³-hybridized carbons (Fsp3) is 0.333. The summed E-state index contributed by atoms with van der Waals surface area (Å²) in [5.74, 6) is 1.24. The van der Waals surface area contributed by atoms with Gasteiger partial charge in [0.2, 0.25) is 0 Å². The molecule has 0 N–H and O–H groups in total. The first-order valence-electron chi connectivity index (χ1n) is 13.2. The van der Waals surface area contributed by atoms with Crippen LogP contribution in [0.25, 0.3) is 44.4 Å². The van der Waals surface area contributed by atoms with Gasteiger partial charge < -0.3 is 9.13 Å². The van der Waals surface area contributed by atoms with E-state index in [2.05, 4.69) is 110 Å². The molecule has 0 radical (unpaired) electrons. The molecule has 0 bridgehead atoms. The summed E-state index contributed by atoms with van der Waals surface area (Å²) in [7, 11) is 0. The van der Waals surface area contributed by atoms with Crippen molar-refractivity contribution in [1.29, 1.82) is 0 Å². The molecule has 0 atom stereocenters. The topological polar surface area (TPSA) is 9.86 Å². The van der Waals surface area contributed by atoms with Gasteiger partial charge >= 0.3 is 0 Å². The van der Waals surface area contributed by atoms with Crippen molar-refractivity contribution in [3.05, 3.63) is 83.0 Å². The molecule has 0 unspecified atom stereocenters. The molecule has 1 aliphatic rings. The molecule has 2 nitrogen and oxygen atoms in total. The van der Waals surface area contributed by atoms with Gasteiger partial charge in [-0.05, 0) is 72.6 Å². The van der Waals surface area contributed by atoms with Crippen LogP contribution in [0.4, 0.5) is 0 Å². The van der Waals surface area contributed by atoms with E-state index in [1.54, 1.807) is 0 Å². The molecular formula is C33H36N2. The van der Waals surface area contributed by atoms with Crippen LogP contribution in [-0.4, -0.2) is 9.13 Å². The van der Waals surface area contributed by atoms with Gasteiger partial charge in [0.1, 0.15) is 0 Å². The third-order valence-electron chi connectivity index (χ3n) is 7.62. The van der Waals surface area contributed by atoms with E-state index < -0.39 is 0 Å². The summed E-state index contributed by atoms with van der Waals surface area (Å²) in [6, 6.07) is 22.9. The van der Waals surface area contributed by atoms with Crippen molar-refractivity contribution in [3.8, 4) is 0 Å². The summed E-state index contributed by atoms with van der Waals surface area (Å²) >= 11 is 0. The van der Waals surface area contributed by atoms with Crippen molar-refractivity contribution in [1.82, 2.24) is 9.13 Å². The van der Waals surface area contributed by atoms with Gasteiger partial charge in [0, 0.05) is 51.5 Å². The molecule has 0 amide bonds. The summed E-state index contributed by atoms with van der Waals surface area (Å²) < 4.78 is 5.12. The highest BCUT2D eigenvalue weighted by molar-refractivity contribution is 6.10. The largest absolute Gasteiger partial charge is 0.344 e. The van der Waals surface area contributed by atoms with Crippen LogP contribution < -0.4 is 0 Å². The quantitative estimate of drug-likeness (QED) is 0.248. The van der Waals surface area contributed by atoms with E-state index in [0.717, 1.165) is 25.9 Å². The number of hydrogen-bond donors (Lipinski definition) is 0. The maximum Gasteiger partial charge on any atom is 0.0521 e. The van der Waals surface area contributed by atoms with Crippen LogP contribution in [0.15, 0.2) is 60.7 Å². The maximum absolute atomic E-state index is 2.58. The molecule has 0 saturated carbocycles. The van der Waals surface area contributed by atoms with Crippen molar-refractivity contribution in [2.75, 3.05) is 0 Å². The first kappa shape index (κ1) is 22.2. The van der Waals surface area contributed by atoms with Gasteiger partial charge in [0.25, 0.3) is 0 Å². The second-order valence-electron chi connectivity index (χ2n) is 11.3. The van der Waals surface area contributed by atoms with Gasteiger partial charge in [-0.25, -0.2) is 0 Å². The molecular weight excluding hydrogens is 424 g/mol. The smallest absolute Gasteiger partial charge is 0.0521 e. The molecule has 3 aromatic carbocycles. The Hall–Kier alpha value is -3.26. The van der Waals surface area contributed by atoms with E-state index in [1.807, 2.05) is 0 Å². The SMILES string of the molecule is Cc1cccc2c3cc(C4=Cc5c(n(CC(C)C)c6ccccc56)CC4)ccc3n(CC(C)C)c12. The average Bonchev–Trinajstić information content (AvgIpc) is 3.32. The highest BCUT2D eigenvalue weighted by atomic mass is 15.0. The van der Waals surface area contributed by atoms with Crippen LogP contribution in [0.2, 0.25) is 0 Å². The van der Waals surface area contributed by atoms with Gasteiger partial charge in [-0.3, -0.25) is 0 Å². The average molecular weight is 461 g/mol. The number of fused-ring (bicyclic) bond motifs is 6. The van der Waals surface area contributed by atoms with Crippen LogP contribution >= 0.6 is 0 Å². The third kappa shape index (κ3) is 3.62. The third-order valence-corrected chi connectivity index (χ3v) is 7.62. The lowest BCUT2D eigenvalue weighted by Gasteiger charge is -2.19. The zero-order chi connectivity index (χ0) is 24.3. The lowest BCUT2D eigenvalue weighted by atomic mass is 9.90. The number of para-hydroxylation sites is 2. The lowest BCUT2D eigenvalue weighted by molar-refractivity contribution is 0.521. The van der Waals surface area contributed by atoms with Crippen molar-refractivity contribution in [2.45, 2.75) is 60.5 Å². The molecule has 35 heavy (non-hydrogen) atoms. The summed E-state index contributed by atoms with van der Waals surface area (Å²) in [6.07, 6.45) is 4.68. The summed E-state index contributed by atoms with van der Waals surface area (Å²) in [4.78, 5) is 0. The molecule has 178 valence electrons. The zero-order valence-corrected chi connectivity index (χ0v) is 21.7. The summed E-state index contributed by atoms with van der Waals surface area (Å²) in [6.45, 7) is 13.6. The van der Waals surface area contributed by atoms with Crippen LogP contribution in [-0.2, 0) is 19.5 Å². The second kappa shape index (κ2) is 8.45. The molecule has 0 aliphatic heterocycles. The van der Waals surface area contributed by atoms with Gasteiger partial charge in [-0.2, -0.15) is 0 Å². The number of nitrogens with zero attached hydrogens (tertiary/aromatic N) is 2. The Balaban J connectivity index is 1.53. The van der Waals surface area contributed by atoms with E-state index in [9.17, 15) is 0 Å². The van der Waals surface area contributed by atoms with E-state index >= 15 is 0 Å². The molecule has 2 heterocycles. The van der Waals surface area contributed by atoms with Gasteiger partial charge in [0.05, 0.1) is 5.52 Å². The van der Waals surface area contributed by atoms with Crippen molar-refractivity contribution < 1.29 is 0 Å². The lowest BCUT2D eigenvalue weighted by Crippen LogP contribution is -2.10. The molecule has 6 rings (SSSR count). The predicted octanol–water partition coefficient (Wildman–Crippen LogP) is 8.86. The fourth-order valence-corrected chi connectivity index (χ4v) is 6.21. The minimum atomic E-state index is 0.607. The van der Waals surface area contributed by atoms with Crippen molar-refractivity contribution in [3.63, 3.8) is 0 Å². The maximum atomic E-state index is 2.58. The van der Waals surface area contributed by atoms with E-state index in [0.29, 0.717) is 11.8 Å². The second-order valence-corrected chi connectivity index (χ2v) is 11.3. The molecule has 1 aliphatic carbocycles. The molecule has 2 heteroatoms. The first-order valence-corrected chi connectivity index (χ1v) is 13.2. The summed E-state index contributed by atoms with van der Waals surface area (Å²) in [5.41, 5.74) is 11.3. The summed E-state index contributed by atoms with van der Waals surface area (Å²) in [5, 5.41) is 4.16. The van der Waals surface area contributed by atoms with Gasteiger partial charge in [-0.15, -0.1) is 0 Å². The van der Waals surface area contributed by atoms with Gasteiger partial charge in [0.15, 0.2) is 0 Å². The molecule has 0 saturated heterocycles. The van der Waals surface area contributed by atoms with Crippen molar-refractivity contribution in [2.24, 2.45) is 11.8 Å². The fourth-order valence-electron chi connectivity index (χ4n) is 6.21. The van der Waals surface area contributed by atoms with E-state index in [4.69, 9.17) is 0 Å². The molecule has 2 aromatic heterocycles. The van der Waals surface area contributed by atoms with E-state index in [1.165, 1.54) is 60.7 Å². The normalized spacial score (nSPS) is 14.0. The number of benzene rings is 3. The molecule has 5 aromatic rings. The minimum Gasteiger partial charge on any atom is -0.344 e. The Labute approximate surface area is 208 Å². The van der Waals surface area contributed by atoms with Crippen LogP contribution in [0.5, 0.6) is 0 Å². The van der Waals surface area contributed by atoms with Crippen molar-refractivity contribution >= 4 is 44.4 Å². The van der Waals surface area contributed by atoms with Crippen LogP contribution in [0, 0.1) is 18.8 Å². The van der Waals surface area contributed by atoms with Crippen LogP contribution in [0.1, 0.15) is 56.5 Å². The molecule has 0 fully saturated rings. The van der Waals surface area contributed by atoms with E-state index in [-0.39, 0.29) is 0 Å². The minimum absolute atomic E-state index is 0.607. The standard InChI is InChI=1S/C33H36N2/c1-21(2)19-34-30-12-7-6-10-26(30)28-17-24(13-15-31(28)34)25-14-16-32-29(18-25)27-11-8-9-23(5)33(27)35(32)20-22(3)4/h6-12,14,16-18,21-22H,13,15,19-20H2,1-5H3. The number of allylic oxidation sites excluding steroid dienone is 1. The number of rotatable bonds is 5. The highest BCUT2D eigenvalue weighted by Crippen LogP contribution is 2.39. The Morgan fingerprint density at radius 3 is 2.23 bits per heavy atom. The Morgan fingerprint density at radius 1 is 0.714 bits per heavy atom. The zero-order valence-electron chi connectivity index (χ0n) is 21.7. The Bertz CT molecular complexity index is 1600. The number of aromatic nitrogens is 2. The Morgan fingerprint density at radius 2 is 1.43 bits per heavy atom.